The van der Waals surface area contributed by atoms with E-state index in [-0.39, 0.29) is 0 Å². The normalized spacial score (nSPS) is 18.3. The Hall–Kier alpha value is -2.60. The summed E-state index contributed by atoms with van der Waals surface area (Å²) in [5.74, 6) is 1.67. The topological polar surface area (TPSA) is 70.6 Å². The highest BCUT2D eigenvalue weighted by Crippen LogP contribution is 2.31. The van der Waals surface area contributed by atoms with Crippen molar-refractivity contribution in [2.24, 2.45) is 0 Å². The Balaban J connectivity index is 1.54. The molecule has 1 atom stereocenters. The summed E-state index contributed by atoms with van der Waals surface area (Å²) in [6.07, 6.45) is 9.54. The third kappa shape index (κ3) is 2.98. The third-order valence-electron chi connectivity index (χ3n) is 4.23. The molecule has 1 aliphatic rings. The SMILES string of the molecule is c1cncc(CN2CCC[C@H]2c2nc(-c3ccncc3)n[nH]2)c1. The summed E-state index contributed by atoms with van der Waals surface area (Å²) < 4.78 is 0. The number of pyridine rings is 2. The van der Waals surface area contributed by atoms with Crippen LogP contribution in [0, 0.1) is 0 Å². The van der Waals surface area contributed by atoms with Gasteiger partial charge in [-0.2, -0.15) is 5.10 Å². The first-order valence-electron chi connectivity index (χ1n) is 7.86. The summed E-state index contributed by atoms with van der Waals surface area (Å²) in [5.41, 5.74) is 2.22. The summed E-state index contributed by atoms with van der Waals surface area (Å²) >= 11 is 0. The predicted molar refractivity (Wildman–Crippen MR) is 86.2 cm³/mol. The maximum atomic E-state index is 4.70. The molecule has 3 aromatic heterocycles. The first-order chi connectivity index (χ1) is 11.4. The van der Waals surface area contributed by atoms with Crippen molar-refractivity contribution in [3.05, 3.63) is 60.4 Å². The second-order valence-corrected chi connectivity index (χ2v) is 5.77. The number of nitrogens with zero attached hydrogens (tertiary/aromatic N) is 5. The number of hydrogen-bond acceptors (Lipinski definition) is 5. The molecule has 4 heterocycles. The second kappa shape index (κ2) is 6.26. The van der Waals surface area contributed by atoms with E-state index in [2.05, 4.69) is 31.1 Å². The molecule has 0 spiro atoms. The molecule has 1 aliphatic heterocycles. The van der Waals surface area contributed by atoms with Crippen LogP contribution < -0.4 is 0 Å². The van der Waals surface area contributed by atoms with Gasteiger partial charge in [0, 0.05) is 36.9 Å². The van der Waals surface area contributed by atoms with E-state index in [0.29, 0.717) is 6.04 Å². The Kier molecular flexibility index (Phi) is 3.81. The van der Waals surface area contributed by atoms with Gasteiger partial charge in [-0.25, -0.2) is 4.98 Å². The Morgan fingerprint density at radius 2 is 2.04 bits per heavy atom. The fraction of sp³-hybridized carbons (Fsp3) is 0.294. The van der Waals surface area contributed by atoms with Gasteiger partial charge in [0.15, 0.2) is 5.82 Å². The van der Waals surface area contributed by atoms with Crippen molar-refractivity contribution < 1.29 is 0 Å². The Morgan fingerprint density at radius 3 is 2.87 bits per heavy atom. The van der Waals surface area contributed by atoms with Crippen LogP contribution in [0.15, 0.2) is 49.1 Å². The number of aromatic nitrogens is 5. The quantitative estimate of drug-likeness (QED) is 0.802. The van der Waals surface area contributed by atoms with E-state index in [1.165, 1.54) is 12.0 Å². The van der Waals surface area contributed by atoms with Gasteiger partial charge >= 0.3 is 0 Å². The summed E-state index contributed by atoms with van der Waals surface area (Å²) in [4.78, 5) is 15.4. The number of H-pyrrole nitrogens is 1. The van der Waals surface area contributed by atoms with Gasteiger partial charge in [0.1, 0.15) is 5.82 Å². The van der Waals surface area contributed by atoms with Crippen molar-refractivity contribution in [1.29, 1.82) is 0 Å². The predicted octanol–water partition coefficient (Wildman–Crippen LogP) is 2.60. The van der Waals surface area contributed by atoms with Crippen LogP contribution in [-0.2, 0) is 6.54 Å². The molecule has 1 saturated heterocycles. The molecule has 3 aromatic rings. The summed E-state index contributed by atoms with van der Waals surface area (Å²) in [7, 11) is 0. The van der Waals surface area contributed by atoms with E-state index in [0.717, 1.165) is 36.7 Å². The monoisotopic (exact) mass is 306 g/mol. The van der Waals surface area contributed by atoms with Crippen LogP contribution >= 0.6 is 0 Å². The van der Waals surface area contributed by atoms with E-state index < -0.39 is 0 Å². The van der Waals surface area contributed by atoms with Gasteiger partial charge in [0.2, 0.25) is 0 Å². The van der Waals surface area contributed by atoms with Gasteiger partial charge in [0.25, 0.3) is 0 Å². The van der Waals surface area contributed by atoms with Crippen LogP contribution in [0.4, 0.5) is 0 Å². The van der Waals surface area contributed by atoms with Crippen LogP contribution in [0.25, 0.3) is 11.4 Å². The minimum Gasteiger partial charge on any atom is -0.289 e. The molecule has 0 saturated carbocycles. The van der Waals surface area contributed by atoms with Crippen LogP contribution in [0.5, 0.6) is 0 Å². The summed E-state index contributed by atoms with van der Waals surface area (Å²) in [6, 6.07) is 8.24. The van der Waals surface area contributed by atoms with Gasteiger partial charge in [-0.05, 0) is 43.1 Å². The molecule has 116 valence electrons. The molecule has 0 amide bonds. The lowest BCUT2D eigenvalue weighted by Crippen LogP contribution is -2.23. The molecule has 0 bridgehead atoms. The molecule has 0 unspecified atom stereocenters. The zero-order chi connectivity index (χ0) is 15.5. The second-order valence-electron chi connectivity index (χ2n) is 5.77. The zero-order valence-corrected chi connectivity index (χ0v) is 12.8. The van der Waals surface area contributed by atoms with Crippen LogP contribution in [0.2, 0.25) is 0 Å². The molecule has 0 aliphatic carbocycles. The molecule has 0 aromatic carbocycles. The minimum atomic E-state index is 0.290. The van der Waals surface area contributed by atoms with Gasteiger partial charge in [-0.15, -0.1) is 0 Å². The number of nitrogens with one attached hydrogen (secondary N) is 1. The molecule has 6 heteroatoms. The average Bonchev–Trinajstić information content (AvgIpc) is 3.25. The number of hydrogen-bond donors (Lipinski definition) is 1. The maximum Gasteiger partial charge on any atom is 0.181 e. The van der Waals surface area contributed by atoms with Gasteiger partial charge < -0.3 is 0 Å². The number of likely N-dealkylation sites (tertiary alicyclic amines) is 1. The fourth-order valence-electron chi connectivity index (χ4n) is 3.10. The van der Waals surface area contributed by atoms with Gasteiger partial charge in [-0.1, -0.05) is 6.07 Å². The minimum absolute atomic E-state index is 0.290. The highest BCUT2D eigenvalue weighted by Gasteiger charge is 2.28. The lowest BCUT2D eigenvalue weighted by Gasteiger charge is -2.22. The Bertz CT molecular complexity index is 755. The van der Waals surface area contributed by atoms with E-state index in [1.54, 1.807) is 12.4 Å². The lowest BCUT2D eigenvalue weighted by atomic mass is 10.2. The van der Waals surface area contributed by atoms with Gasteiger partial charge in [-0.3, -0.25) is 20.0 Å². The molecular weight excluding hydrogens is 288 g/mol. The Labute approximate surface area is 134 Å². The smallest absolute Gasteiger partial charge is 0.181 e. The van der Waals surface area contributed by atoms with Crippen molar-refractivity contribution in [3.8, 4) is 11.4 Å². The Morgan fingerprint density at radius 1 is 1.13 bits per heavy atom. The van der Waals surface area contributed by atoms with E-state index in [9.17, 15) is 0 Å². The lowest BCUT2D eigenvalue weighted by molar-refractivity contribution is 0.240. The molecular formula is C17H18N6. The first-order valence-corrected chi connectivity index (χ1v) is 7.86. The van der Waals surface area contributed by atoms with E-state index in [4.69, 9.17) is 4.98 Å². The number of aromatic amines is 1. The van der Waals surface area contributed by atoms with Crippen molar-refractivity contribution >= 4 is 0 Å². The van der Waals surface area contributed by atoms with Crippen molar-refractivity contribution in [3.63, 3.8) is 0 Å². The molecule has 0 radical (unpaired) electrons. The standard InChI is InChI=1S/C17H18N6/c1-3-13(11-19-7-1)12-23-10-2-4-15(23)17-20-16(21-22-17)14-5-8-18-9-6-14/h1,3,5-9,11,15H,2,4,10,12H2,(H,20,21,22)/t15-/m0/s1. The van der Waals surface area contributed by atoms with E-state index in [1.807, 2.05) is 30.6 Å². The molecule has 1 N–H and O–H groups in total. The average molecular weight is 306 g/mol. The fourth-order valence-corrected chi connectivity index (χ4v) is 3.10. The largest absolute Gasteiger partial charge is 0.289 e. The number of rotatable bonds is 4. The molecule has 6 nitrogen and oxygen atoms in total. The van der Waals surface area contributed by atoms with E-state index >= 15 is 0 Å². The van der Waals surface area contributed by atoms with Crippen molar-refractivity contribution in [1.82, 2.24) is 30.0 Å². The van der Waals surface area contributed by atoms with Gasteiger partial charge in [0.05, 0.1) is 6.04 Å². The molecule has 23 heavy (non-hydrogen) atoms. The van der Waals surface area contributed by atoms with Crippen molar-refractivity contribution in [2.45, 2.75) is 25.4 Å². The molecule has 1 fully saturated rings. The van der Waals surface area contributed by atoms with Crippen LogP contribution in [-0.4, -0.2) is 36.6 Å². The summed E-state index contributed by atoms with van der Waals surface area (Å²) in [5, 5.41) is 7.49. The van der Waals surface area contributed by atoms with Crippen molar-refractivity contribution in [2.75, 3.05) is 6.54 Å². The zero-order valence-electron chi connectivity index (χ0n) is 12.8. The highest BCUT2D eigenvalue weighted by atomic mass is 15.3. The van der Waals surface area contributed by atoms with Crippen LogP contribution in [0.1, 0.15) is 30.3 Å². The highest BCUT2D eigenvalue weighted by molar-refractivity contribution is 5.53. The first kappa shape index (κ1) is 14.0. The summed E-state index contributed by atoms with van der Waals surface area (Å²) in [6.45, 7) is 1.97. The maximum absolute atomic E-state index is 4.70. The third-order valence-corrected chi connectivity index (χ3v) is 4.23. The van der Waals surface area contributed by atoms with Crippen LogP contribution in [0.3, 0.4) is 0 Å². The molecule has 4 rings (SSSR count).